The molecule has 0 aromatic carbocycles. The number of hydrogen-bond acceptors (Lipinski definition) is 3. The zero-order valence-corrected chi connectivity index (χ0v) is 10.7. The number of alkyl halides is 3. The standard InChI is InChI=1S/C12H16F3N3O/c1-8(5-16)7-18(2)11(19)10-4-3-9(6-17-10)12(13,14)15/h3-4,6,8H,5,7,16H2,1-2H3. The Balaban J connectivity index is 2.78. The second-order valence-electron chi connectivity index (χ2n) is 4.46. The van der Waals surface area contributed by atoms with Crippen LogP contribution in [0, 0.1) is 5.92 Å². The van der Waals surface area contributed by atoms with Crippen LogP contribution in [-0.4, -0.2) is 35.9 Å². The van der Waals surface area contributed by atoms with Gasteiger partial charge in [-0.25, -0.2) is 0 Å². The number of rotatable bonds is 4. The SMILES string of the molecule is CC(CN)CN(C)C(=O)c1ccc(C(F)(F)F)cn1. The van der Waals surface area contributed by atoms with Gasteiger partial charge < -0.3 is 10.6 Å². The Bertz CT molecular complexity index is 431. The van der Waals surface area contributed by atoms with E-state index in [9.17, 15) is 18.0 Å². The number of carbonyl (C=O) groups excluding carboxylic acids is 1. The minimum Gasteiger partial charge on any atom is -0.340 e. The molecule has 0 fully saturated rings. The molecule has 0 aliphatic rings. The van der Waals surface area contributed by atoms with Gasteiger partial charge in [0.15, 0.2) is 0 Å². The summed E-state index contributed by atoms with van der Waals surface area (Å²) in [6.45, 7) is 2.74. The Morgan fingerprint density at radius 2 is 2.11 bits per heavy atom. The molecular weight excluding hydrogens is 259 g/mol. The van der Waals surface area contributed by atoms with E-state index in [4.69, 9.17) is 5.73 Å². The molecule has 1 amide bonds. The molecule has 0 saturated heterocycles. The molecule has 2 N–H and O–H groups in total. The fraction of sp³-hybridized carbons (Fsp3) is 0.500. The molecule has 0 aliphatic carbocycles. The third kappa shape index (κ3) is 4.20. The van der Waals surface area contributed by atoms with Gasteiger partial charge in [-0.15, -0.1) is 0 Å². The molecule has 0 aliphatic heterocycles. The summed E-state index contributed by atoms with van der Waals surface area (Å²) in [6, 6.07) is 1.93. The molecule has 0 bridgehead atoms. The molecule has 1 atom stereocenters. The fourth-order valence-electron chi connectivity index (χ4n) is 1.51. The average molecular weight is 275 g/mol. The van der Waals surface area contributed by atoms with E-state index in [0.29, 0.717) is 19.3 Å². The van der Waals surface area contributed by atoms with E-state index in [1.807, 2.05) is 6.92 Å². The van der Waals surface area contributed by atoms with E-state index in [1.165, 1.54) is 4.90 Å². The molecule has 1 unspecified atom stereocenters. The topological polar surface area (TPSA) is 59.2 Å². The van der Waals surface area contributed by atoms with Crippen molar-refractivity contribution >= 4 is 5.91 Å². The van der Waals surface area contributed by atoms with E-state index in [0.717, 1.165) is 12.1 Å². The predicted octanol–water partition coefficient (Wildman–Crippen LogP) is 1.77. The lowest BCUT2D eigenvalue weighted by Gasteiger charge is -2.20. The maximum atomic E-state index is 12.3. The number of nitrogens with two attached hydrogens (primary N) is 1. The summed E-state index contributed by atoms with van der Waals surface area (Å²) in [5.41, 5.74) is 4.56. The first kappa shape index (κ1) is 15.4. The van der Waals surface area contributed by atoms with Crippen LogP contribution in [-0.2, 0) is 6.18 Å². The van der Waals surface area contributed by atoms with E-state index in [-0.39, 0.29) is 11.6 Å². The summed E-state index contributed by atoms with van der Waals surface area (Å²) in [4.78, 5) is 16.9. The summed E-state index contributed by atoms with van der Waals surface area (Å²) in [6.07, 6.45) is -3.79. The lowest BCUT2D eigenvalue weighted by atomic mass is 10.1. The first-order chi connectivity index (χ1) is 8.75. The van der Waals surface area contributed by atoms with Crippen molar-refractivity contribution in [3.63, 3.8) is 0 Å². The van der Waals surface area contributed by atoms with Crippen molar-refractivity contribution < 1.29 is 18.0 Å². The summed E-state index contributed by atoms with van der Waals surface area (Å²) in [7, 11) is 1.56. The Labute approximate surface area is 109 Å². The summed E-state index contributed by atoms with van der Waals surface area (Å²) >= 11 is 0. The van der Waals surface area contributed by atoms with Crippen molar-refractivity contribution in [3.8, 4) is 0 Å². The molecule has 1 rings (SSSR count). The number of carbonyl (C=O) groups is 1. The molecule has 106 valence electrons. The minimum absolute atomic E-state index is 0.0141. The third-order valence-corrected chi connectivity index (χ3v) is 2.64. The van der Waals surface area contributed by atoms with Gasteiger partial charge >= 0.3 is 6.18 Å². The second-order valence-corrected chi connectivity index (χ2v) is 4.46. The molecule has 0 radical (unpaired) electrons. The summed E-state index contributed by atoms with van der Waals surface area (Å²) < 4.78 is 37.0. The van der Waals surface area contributed by atoms with Gasteiger partial charge in [-0.05, 0) is 24.6 Å². The lowest BCUT2D eigenvalue weighted by Crippen LogP contribution is -2.34. The van der Waals surface area contributed by atoms with Crippen LogP contribution < -0.4 is 5.73 Å². The lowest BCUT2D eigenvalue weighted by molar-refractivity contribution is -0.137. The Morgan fingerprint density at radius 3 is 2.53 bits per heavy atom. The molecular formula is C12H16F3N3O. The zero-order valence-electron chi connectivity index (χ0n) is 10.7. The number of pyridine rings is 1. The van der Waals surface area contributed by atoms with E-state index < -0.39 is 17.6 Å². The van der Waals surface area contributed by atoms with Gasteiger partial charge in [-0.1, -0.05) is 6.92 Å². The number of hydrogen-bond donors (Lipinski definition) is 1. The molecule has 0 spiro atoms. The maximum absolute atomic E-state index is 12.3. The quantitative estimate of drug-likeness (QED) is 0.911. The van der Waals surface area contributed by atoms with E-state index in [1.54, 1.807) is 7.05 Å². The van der Waals surface area contributed by atoms with Crippen LogP contribution in [0.3, 0.4) is 0 Å². The highest BCUT2D eigenvalue weighted by molar-refractivity contribution is 5.92. The Morgan fingerprint density at radius 1 is 1.47 bits per heavy atom. The Kier molecular flexibility index (Phi) is 4.88. The molecule has 19 heavy (non-hydrogen) atoms. The normalized spacial score (nSPS) is 13.2. The van der Waals surface area contributed by atoms with Crippen molar-refractivity contribution in [2.24, 2.45) is 11.7 Å². The van der Waals surface area contributed by atoms with Gasteiger partial charge in [-0.2, -0.15) is 13.2 Å². The monoisotopic (exact) mass is 275 g/mol. The number of halogens is 3. The van der Waals surface area contributed by atoms with Crippen LogP contribution in [0.2, 0.25) is 0 Å². The third-order valence-electron chi connectivity index (χ3n) is 2.64. The molecule has 0 saturated carbocycles. The summed E-state index contributed by atoms with van der Waals surface area (Å²) in [5.74, 6) is -0.308. The van der Waals surface area contributed by atoms with Crippen LogP contribution in [0.15, 0.2) is 18.3 Å². The molecule has 4 nitrogen and oxygen atoms in total. The largest absolute Gasteiger partial charge is 0.417 e. The van der Waals surface area contributed by atoms with Gasteiger partial charge in [-0.3, -0.25) is 9.78 Å². The van der Waals surface area contributed by atoms with Gasteiger partial charge in [0.25, 0.3) is 5.91 Å². The second kappa shape index (κ2) is 6.01. The fourth-order valence-corrected chi connectivity index (χ4v) is 1.51. The molecule has 1 aromatic rings. The van der Waals surface area contributed by atoms with Gasteiger partial charge in [0.1, 0.15) is 5.69 Å². The Hall–Kier alpha value is -1.63. The van der Waals surface area contributed by atoms with Crippen molar-refractivity contribution in [2.45, 2.75) is 13.1 Å². The van der Waals surface area contributed by atoms with Crippen LogP contribution >= 0.6 is 0 Å². The number of nitrogens with zero attached hydrogens (tertiary/aromatic N) is 2. The van der Waals surface area contributed by atoms with Gasteiger partial charge in [0.2, 0.25) is 0 Å². The first-order valence-corrected chi connectivity index (χ1v) is 5.74. The average Bonchev–Trinajstić information content (AvgIpc) is 2.36. The zero-order chi connectivity index (χ0) is 14.6. The van der Waals surface area contributed by atoms with Crippen LogP contribution in [0.1, 0.15) is 23.0 Å². The first-order valence-electron chi connectivity index (χ1n) is 5.74. The highest BCUT2D eigenvalue weighted by atomic mass is 19.4. The number of aromatic nitrogens is 1. The van der Waals surface area contributed by atoms with Crippen LogP contribution in [0.25, 0.3) is 0 Å². The van der Waals surface area contributed by atoms with Gasteiger partial charge in [0.05, 0.1) is 5.56 Å². The highest BCUT2D eigenvalue weighted by Crippen LogP contribution is 2.28. The summed E-state index contributed by atoms with van der Waals surface area (Å²) in [5, 5.41) is 0. The van der Waals surface area contributed by atoms with Crippen molar-refractivity contribution in [1.82, 2.24) is 9.88 Å². The van der Waals surface area contributed by atoms with Crippen molar-refractivity contribution in [1.29, 1.82) is 0 Å². The molecule has 7 heteroatoms. The van der Waals surface area contributed by atoms with Crippen LogP contribution in [0.4, 0.5) is 13.2 Å². The maximum Gasteiger partial charge on any atom is 0.417 e. The van der Waals surface area contributed by atoms with E-state index in [2.05, 4.69) is 4.98 Å². The van der Waals surface area contributed by atoms with Crippen molar-refractivity contribution in [2.75, 3.05) is 20.1 Å². The molecule has 1 heterocycles. The molecule has 1 aromatic heterocycles. The highest BCUT2D eigenvalue weighted by Gasteiger charge is 2.31. The predicted molar refractivity (Wildman–Crippen MR) is 64.4 cm³/mol. The minimum atomic E-state index is -4.45. The van der Waals surface area contributed by atoms with Crippen molar-refractivity contribution in [3.05, 3.63) is 29.6 Å². The van der Waals surface area contributed by atoms with Gasteiger partial charge in [0, 0.05) is 19.8 Å². The van der Waals surface area contributed by atoms with E-state index >= 15 is 0 Å². The van der Waals surface area contributed by atoms with Crippen LogP contribution in [0.5, 0.6) is 0 Å². The number of amides is 1. The smallest absolute Gasteiger partial charge is 0.340 e.